The Labute approximate surface area is 141 Å². The first-order valence-corrected chi connectivity index (χ1v) is 8.35. The van der Waals surface area contributed by atoms with E-state index < -0.39 is 11.6 Å². The number of fused-ring (bicyclic) bond motifs is 1. The Morgan fingerprint density at radius 3 is 2.83 bits per heavy atom. The molecule has 0 saturated heterocycles. The monoisotopic (exact) mass is 347 g/mol. The number of rotatable bonds is 6. The number of amides is 1. The average molecular weight is 347 g/mol. The van der Waals surface area contributed by atoms with E-state index in [4.69, 9.17) is 4.74 Å². The molecule has 1 N–H and O–H groups in total. The summed E-state index contributed by atoms with van der Waals surface area (Å²) in [4.78, 5) is 11.9. The van der Waals surface area contributed by atoms with Gasteiger partial charge in [0.2, 0.25) is 5.91 Å². The van der Waals surface area contributed by atoms with Crippen molar-refractivity contribution in [3.8, 4) is 5.75 Å². The minimum atomic E-state index is -0.747. The number of benzene rings is 2. The molecule has 2 aromatic carbocycles. The number of thiophene rings is 1. The summed E-state index contributed by atoms with van der Waals surface area (Å²) in [6.07, 6.45) is 0.688. The molecule has 3 nitrogen and oxygen atoms in total. The van der Waals surface area contributed by atoms with Gasteiger partial charge < -0.3 is 10.1 Å². The molecule has 0 spiro atoms. The second-order valence-electron chi connectivity index (χ2n) is 5.25. The smallest absolute Gasteiger partial charge is 0.224 e. The quantitative estimate of drug-likeness (QED) is 0.639. The van der Waals surface area contributed by atoms with E-state index in [1.165, 1.54) is 10.8 Å². The largest absolute Gasteiger partial charge is 0.491 e. The molecule has 1 heterocycles. The molecule has 3 aromatic rings. The lowest BCUT2D eigenvalue weighted by atomic mass is 10.2. The zero-order valence-corrected chi connectivity index (χ0v) is 13.5. The van der Waals surface area contributed by atoms with E-state index >= 15 is 0 Å². The van der Waals surface area contributed by atoms with Gasteiger partial charge in [0.1, 0.15) is 5.82 Å². The molecule has 0 bridgehead atoms. The van der Waals surface area contributed by atoms with Crippen molar-refractivity contribution in [1.82, 2.24) is 0 Å². The van der Waals surface area contributed by atoms with Crippen molar-refractivity contribution in [2.75, 3.05) is 11.9 Å². The number of ether oxygens (including phenoxy) is 1. The molecule has 0 aliphatic rings. The highest BCUT2D eigenvalue weighted by atomic mass is 32.1. The molecular weight excluding hydrogens is 332 g/mol. The van der Waals surface area contributed by atoms with Crippen molar-refractivity contribution in [2.24, 2.45) is 0 Å². The third-order valence-corrected chi connectivity index (χ3v) is 4.33. The van der Waals surface area contributed by atoms with Crippen LogP contribution in [0.25, 0.3) is 10.1 Å². The zero-order valence-electron chi connectivity index (χ0n) is 12.7. The van der Waals surface area contributed by atoms with Crippen LogP contribution in [0.15, 0.2) is 47.8 Å². The third kappa shape index (κ3) is 4.08. The van der Waals surface area contributed by atoms with E-state index in [2.05, 4.69) is 5.32 Å². The van der Waals surface area contributed by atoms with Crippen LogP contribution in [0.1, 0.15) is 12.8 Å². The molecular formula is C18H15F2NO2S. The minimum absolute atomic E-state index is 0.0142. The van der Waals surface area contributed by atoms with Gasteiger partial charge in [-0.25, -0.2) is 8.78 Å². The first kappa shape index (κ1) is 16.4. The van der Waals surface area contributed by atoms with Gasteiger partial charge in [0, 0.05) is 22.9 Å². The van der Waals surface area contributed by atoms with Crippen LogP contribution in [-0.2, 0) is 4.79 Å². The summed E-state index contributed by atoms with van der Waals surface area (Å²) < 4.78 is 32.5. The van der Waals surface area contributed by atoms with Crippen molar-refractivity contribution in [3.63, 3.8) is 0 Å². The van der Waals surface area contributed by atoms with Gasteiger partial charge in [0.15, 0.2) is 11.6 Å². The molecule has 0 aliphatic carbocycles. The van der Waals surface area contributed by atoms with E-state index in [9.17, 15) is 13.6 Å². The van der Waals surface area contributed by atoms with Crippen LogP contribution in [0.4, 0.5) is 14.5 Å². The van der Waals surface area contributed by atoms with Gasteiger partial charge in [-0.2, -0.15) is 0 Å². The Morgan fingerprint density at radius 1 is 1.12 bits per heavy atom. The van der Waals surface area contributed by atoms with Crippen molar-refractivity contribution in [1.29, 1.82) is 0 Å². The molecule has 1 amide bonds. The Morgan fingerprint density at radius 2 is 2.00 bits per heavy atom. The maximum atomic E-state index is 13.4. The average Bonchev–Trinajstić information content (AvgIpc) is 3.01. The zero-order chi connectivity index (χ0) is 16.9. The number of anilines is 1. The number of halogens is 2. The highest BCUT2D eigenvalue weighted by Crippen LogP contribution is 2.24. The molecule has 0 fully saturated rings. The number of carbonyl (C=O) groups is 1. The molecule has 124 valence electrons. The molecule has 24 heavy (non-hydrogen) atoms. The predicted molar refractivity (Wildman–Crippen MR) is 91.5 cm³/mol. The fourth-order valence-electron chi connectivity index (χ4n) is 2.28. The van der Waals surface area contributed by atoms with E-state index in [1.54, 1.807) is 11.3 Å². The van der Waals surface area contributed by atoms with E-state index in [0.717, 1.165) is 23.2 Å². The fraction of sp³-hybridized carbons (Fsp3) is 0.167. The molecule has 3 rings (SSSR count). The Kier molecular flexibility index (Phi) is 5.05. The molecule has 1 aromatic heterocycles. The number of hydrogen-bond acceptors (Lipinski definition) is 3. The second-order valence-corrected chi connectivity index (χ2v) is 6.20. The number of carbonyl (C=O) groups excluding carboxylic acids is 1. The van der Waals surface area contributed by atoms with Crippen molar-refractivity contribution in [2.45, 2.75) is 12.8 Å². The summed E-state index contributed by atoms with van der Waals surface area (Å²) in [5.41, 5.74) is 0.747. The van der Waals surface area contributed by atoms with Crippen LogP contribution in [0.2, 0.25) is 0 Å². The lowest BCUT2D eigenvalue weighted by Gasteiger charge is -2.08. The van der Waals surface area contributed by atoms with Crippen LogP contribution < -0.4 is 10.1 Å². The molecule has 0 radical (unpaired) electrons. The van der Waals surface area contributed by atoms with Gasteiger partial charge in [-0.1, -0.05) is 0 Å². The van der Waals surface area contributed by atoms with E-state index in [-0.39, 0.29) is 24.7 Å². The summed E-state index contributed by atoms with van der Waals surface area (Å²) in [5.74, 6) is -1.54. The highest BCUT2D eigenvalue weighted by molar-refractivity contribution is 7.17. The maximum Gasteiger partial charge on any atom is 0.224 e. The van der Waals surface area contributed by atoms with Crippen LogP contribution in [0.3, 0.4) is 0 Å². The first-order chi connectivity index (χ1) is 11.6. The minimum Gasteiger partial charge on any atom is -0.491 e. The number of nitrogens with one attached hydrogen (secondary N) is 1. The molecule has 0 atom stereocenters. The predicted octanol–water partition coefficient (Wildman–Crippen LogP) is 4.98. The van der Waals surface area contributed by atoms with Crippen LogP contribution in [-0.4, -0.2) is 12.5 Å². The van der Waals surface area contributed by atoms with Crippen molar-refractivity contribution >= 4 is 33.0 Å². The van der Waals surface area contributed by atoms with Gasteiger partial charge in [-0.05, 0) is 53.6 Å². The van der Waals surface area contributed by atoms with Gasteiger partial charge >= 0.3 is 0 Å². The molecule has 6 heteroatoms. The lowest BCUT2D eigenvalue weighted by Crippen LogP contribution is -2.12. The molecule has 0 saturated carbocycles. The highest BCUT2D eigenvalue weighted by Gasteiger charge is 2.07. The van der Waals surface area contributed by atoms with Gasteiger partial charge in [-0.15, -0.1) is 11.3 Å². The maximum absolute atomic E-state index is 13.4. The Bertz CT molecular complexity index is 863. The Hall–Kier alpha value is -2.47. The topological polar surface area (TPSA) is 38.3 Å². The third-order valence-electron chi connectivity index (χ3n) is 3.44. The van der Waals surface area contributed by atoms with Gasteiger partial charge in [0.25, 0.3) is 0 Å². The fourth-order valence-corrected chi connectivity index (χ4v) is 3.05. The van der Waals surface area contributed by atoms with Gasteiger partial charge in [-0.3, -0.25) is 4.79 Å². The number of hydrogen-bond donors (Lipinski definition) is 1. The van der Waals surface area contributed by atoms with Crippen LogP contribution in [0, 0.1) is 11.6 Å². The summed E-state index contributed by atoms with van der Waals surface area (Å²) in [6.45, 7) is 0.180. The first-order valence-electron chi connectivity index (χ1n) is 7.47. The van der Waals surface area contributed by atoms with Crippen LogP contribution in [0.5, 0.6) is 5.75 Å². The van der Waals surface area contributed by atoms with Crippen LogP contribution >= 0.6 is 11.3 Å². The SMILES string of the molecule is O=C(CCCOc1ccc(F)cc1F)Nc1ccc2sccc2c1. The van der Waals surface area contributed by atoms with Gasteiger partial charge in [0.05, 0.1) is 6.61 Å². The van der Waals surface area contributed by atoms with E-state index in [1.807, 2.05) is 29.6 Å². The van der Waals surface area contributed by atoms with E-state index in [0.29, 0.717) is 6.42 Å². The summed E-state index contributed by atoms with van der Waals surface area (Å²) >= 11 is 1.65. The standard InChI is InChI=1S/C18H15F2NO2S/c19-13-3-5-16(15(20)11-13)23-8-1-2-18(22)21-14-4-6-17-12(10-14)7-9-24-17/h3-7,9-11H,1-2,8H2,(H,21,22). The normalized spacial score (nSPS) is 10.8. The summed E-state index contributed by atoms with van der Waals surface area (Å²) in [7, 11) is 0. The summed E-state index contributed by atoms with van der Waals surface area (Å²) in [5, 5.41) is 5.92. The Balaban J connectivity index is 1.45. The second kappa shape index (κ2) is 7.40. The molecule has 0 aliphatic heterocycles. The lowest BCUT2D eigenvalue weighted by molar-refractivity contribution is -0.116. The molecule has 0 unspecified atom stereocenters. The van der Waals surface area contributed by atoms with Crippen molar-refractivity contribution < 1.29 is 18.3 Å². The van der Waals surface area contributed by atoms with Crippen molar-refractivity contribution in [3.05, 3.63) is 59.5 Å². The summed E-state index contributed by atoms with van der Waals surface area (Å²) in [6, 6.07) is 10.9.